The number of esters is 4. The van der Waals surface area contributed by atoms with Gasteiger partial charge in [-0.2, -0.15) is 0 Å². The van der Waals surface area contributed by atoms with Crippen molar-refractivity contribution in [2.75, 3.05) is 13.7 Å². The van der Waals surface area contributed by atoms with Crippen LogP contribution in [0.3, 0.4) is 0 Å². The summed E-state index contributed by atoms with van der Waals surface area (Å²) in [5.74, 6) is -2.40. The third kappa shape index (κ3) is 10.4. The van der Waals surface area contributed by atoms with Crippen molar-refractivity contribution >= 4 is 30.1 Å². The van der Waals surface area contributed by atoms with Crippen LogP contribution in [0.1, 0.15) is 88.6 Å². The molecule has 258 valence electrons. The highest BCUT2D eigenvalue weighted by molar-refractivity contribution is 5.81. The lowest BCUT2D eigenvalue weighted by atomic mass is 9.92. The molecular weight excluding hydrogens is 598 g/mol. The van der Waals surface area contributed by atoms with Crippen molar-refractivity contribution in [3.05, 3.63) is 23.8 Å². The highest BCUT2D eigenvalue weighted by Gasteiger charge is 2.54. The Balaban J connectivity index is 2.74. The van der Waals surface area contributed by atoms with Crippen molar-refractivity contribution in [1.29, 1.82) is 0 Å². The number of hydrogen-bond acceptors (Lipinski definition) is 12. The molecule has 1 aliphatic heterocycles. The molecule has 0 aliphatic carbocycles. The van der Waals surface area contributed by atoms with E-state index in [1.807, 2.05) is 0 Å². The zero-order valence-electron chi connectivity index (χ0n) is 29.4. The quantitative estimate of drug-likeness (QED) is 0.229. The Morgan fingerprint density at radius 3 is 1.63 bits per heavy atom. The van der Waals surface area contributed by atoms with E-state index in [9.17, 15) is 24.3 Å². The van der Waals surface area contributed by atoms with E-state index < -0.39 is 82.8 Å². The van der Waals surface area contributed by atoms with Gasteiger partial charge in [-0.3, -0.25) is 24.2 Å². The van der Waals surface area contributed by atoms with Crippen LogP contribution in [-0.4, -0.2) is 79.6 Å². The molecule has 1 N–H and O–H groups in total. The Hall–Kier alpha value is -3.67. The van der Waals surface area contributed by atoms with Gasteiger partial charge in [-0.1, -0.05) is 0 Å². The third-order valence-electron chi connectivity index (χ3n) is 6.74. The van der Waals surface area contributed by atoms with Crippen molar-refractivity contribution in [1.82, 2.24) is 0 Å². The number of aromatic hydroxyl groups is 1. The zero-order chi connectivity index (χ0) is 35.4. The third-order valence-corrected chi connectivity index (χ3v) is 6.74. The normalized spacial score (nSPS) is 22.6. The van der Waals surface area contributed by atoms with E-state index in [1.54, 1.807) is 95.2 Å². The number of rotatable bonds is 8. The van der Waals surface area contributed by atoms with E-state index in [0.29, 0.717) is 5.56 Å². The molecule has 1 saturated heterocycles. The second-order valence-corrected chi connectivity index (χ2v) is 15.5. The molecule has 1 aromatic rings. The van der Waals surface area contributed by atoms with Gasteiger partial charge in [0, 0.05) is 6.21 Å². The molecule has 1 heterocycles. The average Bonchev–Trinajstić information content (AvgIpc) is 2.90. The number of carbonyl (C=O) groups excluding carboxylic acids is 4. The van der Waals surface area contributed by atoms with E-state index in [-0.39, 0.29) is 11.5 Å². The van der Waals surface area contributed by atoms with Crippen molar-refractivity contribution in [2.24, 2.45) is 26.7 Å². The van der Waals surface area contributed by atoms with Gasteiger partial charge in [0.1, 0.15) is 12.7 Å². The van der Waals surface area contributed by atoms with E-state index in [0.717, 1.165) is 0 Å². The fourth-order valence-electron chi connectivity index (χ4n) is 3.77. The van der Waals surface area contributed by atoms with Gasteiger partial charge in [-0.05, 0) is 107 Å². The number of phenolic OH excluding ortho intramolecular Hbond substituents is 1. The van der Waals surface area contributed by atoms with Crippen LogP contribution in [0, 0.1) is 21.7 Å². The van der Waals surface area contributed by atoms with Gasteiger partial charge >= 0.3 is 23.9 Å². The fraction of sp³-hybridized carbons (Fsp3) is 0.676. The minimum Gasteiger partial charge on any atom is -0.504 e. The molecule has 0 aromatic heterocycles. The monoisotopic (exact) mass is 649 g/mol. The summed E-state index contributed by atoms with van der Waals surface area (Å²) in [4.78, 5) is 57.2. The van der Waals surface area contributed by atoms with E-state index in [4.69, 9.17) is 28.4 Å². The molecule has 0 radical (unpaired) electrons. The maximum Gasteiger partial charge on any atom is 0.311 e. The maximum atomic E-state index is 13.4. The SMILES string of the molecule is COc1ccc(/C=N\C2OC(COC(=O)C(C)(C)C)C(OC(=O)C(C)(C)C)C(OC(=O)C(C)(C)C)C2OC(=O)C(C)(C)C)cc1O. The summed E-state index contributed by atoms with van der Waals surface area (Å²) in [5.41, 5.74) is -3.37. The first-order chi connectivity index (χ1) is 20.9. The Labute approximate surface area is 272 Å². The molecule has 5 atom stereocenters. The van der Waals surface area contributed by atoms with Gasteiger partial charge in [0.25, 0.3) is 0 Å². The number of aliphatic imine (C=N–C) groups is 1. The Morgan fingerprint density at radius 1 is 0.739 bits per heavy atom. The number of carbonyl (C=O) groups is 4. The first-order valence-corrected chi connectivity index (χ1v) is 15.2. The van der Waals surface area contributed by atoms with Crippen LogP contribution in [0.15, 0.2) is 23.2 Å². The zero-order valence-corrected chi connectivity index (χ0v) is 29.4. The summed E-state index contributed by atoms with van der Waals surface area (Å²) in [6.45, 7) is 19.5. The van der Waals surface area contributed by atoms with Crippen LogP contribution in [0.5, 0.6) is 11.5 Å². The first kappa shape index (κ1) is 38.5. The molecule has 1 aliphatic rings. The van der Waals surface area contributed by atoms with Gasteiger partial charge in [0.05, 0.1) is 28.8 Å². The number of ether oxygens (including phenoxy) is 6. The second kappa shape index (κ2) is 14.4. The van der Waals surface area contributed by atoms with Crippen molar-refractivity contribution in [3.63, 3.8) is 0 Å². The number of phenols is 1. The van der Waals surface area contributed by atoms with E-state index in [1.165, 1.54) is 19.4 Å². The molecule has 12 nitrogen and oxygen atoms in total. The van der Waals surface area contributed by atoms with Gasteiger partial charge in [0.2, 0.25) is 0 Å². The van der Waals surface area contributed by atoms with Crippen LogP contribution in [0.4, 0.5) is 0 Å². The minimum absolute atomic E-state index is 0.134. The number of benzene rings is 1. The minimum atomic E-state index is -1.41. The molecular formula is C34H51NO11. The van der Waals surface area contributed by atoms with Crippen LogP contribution < -0.4 is 4.74 Å². The molecule has 0 spiro atoms. The highest BCUT2D eigenvalue weighted by Crippen LogP contribution is 2.35. The summed E-state index contributed by atoms with van der Waals surface area (Å²) in [5, 5.41) is 10.3. The standard InChI is InChI=1S/C34H51NO11/c1-31(2,3)27(37)42-18-22-23(44-28(38)32(4,5)6)24(45-29(39)33(7,8)9)25(46-30(40)34(10,11)12)26(43-22)35-17-19-14-15-21(41-13)20(36)16-19/h14-17,22-26,36H,18H2,1-13H3/b35-17-. The average molecular weight is 650 g/mol. The van der Waals surface area contributed by atoms with Gasteiger partial charge in [-0.15, -0.1) is 0 Å². The topological polar surface area (TPSA) is 156 Å². The number of hydrogen-bond donors (Lipinski definition) is 1. The van der Waals surface area contributed by atoms with Gasteiger partial charge in [-0.25, -0.2) is 0 Å². The second-order valence-electron chi connectivity index (χ2n) is 15.5. The predicted molar refractivity (Wildman–Crippen MR) is 169 cm³/mol. The van der Waals surface area contributed by atoms with Crippen LogP contribution in [0.2, 0.25) is 0 Å². The predicted octanol–water partition coefficient (Wildman–Crippen LogP) is 5.01. The molecule has 2 rings (SSSR count). The Kier molecular flexibility index (Phi) is 12.1. The van der Waals surface area contributed by atoms with Crippen molar-refractivity contribution < 1.29 is 52.7 Å². The molecule has 0 saturated carbocycles. The van der Waals surface area contributed by atoms with Crippen LogP contribution in [-0.2, 0) is 42.9 Å². The first-order valence-electron chi connectivity index (χ1n) is 15.2. The Bertz CT molecular complexity index is 1290. The molecule has 46 heavy (non-hydrogen) atoms. The molecule has 0 amide bonds. The lowest BCUT2D eigenvalue weighted by Crippen LogP contribution is -2.63. The summed E-state index contributed by atoms with van der Waals surface area (Å²) in [7, 11) is 1.42. The summed E-state index contributed by atoms with van der Waals surface area (Å²) in [6, 6.07) is 4.59. The lowest BCUT2D eigenvalue weighted by molar-refractivity contribution is -0.258. The lowest BCUT2D eigenvalue weighted by Gasteiger charge is -2.45. The maximum absolute atomic E-state index is 13.4. The van der Waals surface area contributed by atoms with Gasteiger partial charge < -0.3 is 33.5 Å². The summed E-state index contributed by atoms with van der Waals surface area (Å²) < 4.78 is 34.9. The molecule has 5 unspecified atom stereocenters. The van der Waals surface area contributed by atoms with Crippen molar-refractivity contribution in [2.45, 2.75) is 114 Å². The van der Waals surface area contributed by atoms with E-state index in [2.05, 4.69) is 4.99 Å². The summed E-state index contributed by atoms with van der Waals surface area (Å²) >= 11 is 0. The smallest absolute Gasteiger partial charge is 0.311 e. The van der Waals surface area contributed by atoms with Gasteiger partial charge in [0.15, 0.2) is 36.0 Å². The van der Waals surface area contributed by atoms with Crippen LogP contribution >= 0.6 is 0 Å². The van der Waals surface area contributed by atoms with Crippen LogP contribution in [0.25, 0.3) is 0 Å². The molecule has 1 fully saturated rings. The summed E-state index contributed by atoms with van der Waals surface area (Å²) in [6.07, 6.45) is -5.30. The fourth-order valence-corrected chi connectivity index (χ4v) is 3.77. The molecule has 12 heteroatoms. The highest BCUT2D eigenvalue weighted by atomic mass is 16.7. The van der Waals surface area contributed by atoms with E-state index >= 15 is 0 Å². The molecule has 0 bridgehead atoms. The Morgan fingerprint density at radius 2 is 1.20 bits per heavy atom. The number of nitrogens with zero attached hydrogens (tertiary/aromatic N) is 1. The van der Waals surface area contributed by atoms with Crippen molar-refractivity contribution in [3.8, 4) is 11.5 Å². The largest absolute Gasteiger partial charge is 0.504 e. The molecule has 1 aromatic carbocycles. The number of methoxy groups -OCH3 is 1.